The van der Waals surface area contributed by atoms with Crippen molar-refractivity contribution in [3.05, 3.63) is 11.9 Å². The Morgan fingerprint density at radius 3 is 2.48 bits per heavy atom. The second-order valence-electron chi connectivity index (χ2n) is 10.4. The lowest BCUT2D eigenvalue weighted by Crippen LogP contribution is -2.51. The molecule has 4 aliphatic carbocycles. The smallest absolute Gasteiger partial charge is 0.185 e. The number of aliphatic hydroxyl groups is 1. The van der Waals surface area contributed by atoms with E-state index in [-0.39, 0.29) is 17.1 Å². The third-order valence-electron chi connectivity index (χ3n) is 9.14. The van der Waals surface area contributed by atoms with Gasteiger partial charge in [0.15, 0.2) is 5.78 Å². The van der Waals surface area contributed by atoms with Crippen LogP contribution in [0.25, 0.3) is 0 Å². The van der Waals surface area contributed by atoms with Crippen molar-refractivity contribution in [2.75, 3.05) is 0 Å². The number of rotatable bonds is 3. The van der Waals surface area contributed by atoms with Crippen LogP contribution >= 0.6 is 0 Å². The molecule has 27 heavy (non-hydrogen) atoms. The van der Waals surface area contributed by atoms with Gasteiger partial charge in [0, 0.05) is 12.1 Å². The zero-order valence-corrected chi connectivity index (χ0v) is 16.9. The van der Waals surface area contributed by atoms with Crippen LogP contribution in [0.3, 0.4) is 0 Å². The first-order chi connectivity index (χ1) is 12.8. The number of nitrogens with one attached hydrogen (secondary N) is 1. The predicted octanol–water partition coefficient (Wildman–Crippen LogP) is 2.84. The molecule has 0 aliphatic heterocycles. The van der Waals surface area contributed by atoms with Crippen molar-refractivity contribution in [2.45, 2.75) is 77.2 Å². The fraction of sp³-hybridized carbons (Fsp3) is 0.864. The summed E-state index contributed by atoms with van der Waals surface area (Å²) in [6.45, 7) is 4.38. The van der Waals surface area contributed by atoms with Crippen molar-refractivity contribution in [1.29, 1.82) is 0 Å². The van der Waals surface area contributed by atoms with E-state index in [4.69, 9.17) is 11.6 Å². The van der Waals surface area contributed by atoms with Crippen molar-refractivity contribution in [3.63, 3.8) is 0 Å². The third-order valence-corrected chi connectivity index (χ3v) is 9.14. The number of nitrogens with two attached hydrogens (primary N) is 2. The lowest BCUT2D eigenvalue weighted by molar-refractivity contribution is -0.129. The molecule has 0 aromatic rings. The Bertz CT molecular complexity index is 631. The van der Waals surface area contributed by atoms with Crippen LogP contribution in [0.1, 0.15) is 71.6 Å². The Morgan fingerprint density at radius 2 is 1.78 bits per heavy atom. The number of carbonyl (C=O) groups excluding carboxylic acids is 1. The van der Waals surface area contributed by atoms with E-state index in [2.05, 4.69) is 12.3 Å². The van der Waals surface area contributed by atoms with Crippen LogP contribution in [0.2, 0.25) is 0 Å². The standard InChI is InChI=1S/C22H37N3O2/c1-21(27)9-7-14-13(11-21)3-4-16-15(14)8-10-22(2)17(16)5-6-18(22)20(26)19(12-23)25-24/h12-18,25,27H,3-11,23-24H2,1-2H3/b19-12-/t13-,14+,15-,16-,17+,18-,21-,22+/m1/s1. The van der Waals surface area contributed by atoms with Crippen LogP contribution in [0.15, 0.2) is 11.9 Å². The number of hydrogen-bond donors (Lipinski definition) is 4. The average molecular weight is 376 g/mol. The van der Waals surface area contributed by atoms with Gasteiger partial charge in [0.1, 0.15) is 5.70 Å². The van der Waals surface area contributed by atoms with Gasteiger partial charge in [-0.05, 0) is 99.7 Å². The molecule has 5 heteroatoms. The highest BCUT2D eigenvalue weighted by molar-refractivity contribution is 5.97. The van der Waals surface area contributed by atoms with E-state index in [0.717, 1.165) is 49.9 Å². The number of Topliss-reactive ketones (excluding diaryl/α,β-unsaturated/α-hetero) is 1. The van der Waals surface area contributed by atoms with Gasteiger partial charge in [-0.1, -0.05) is 6.92 Å². The number of hydrogen-bond acceptors (Lipinski definition) is 5. The first-order valence-electron chi connectivity index (χ1n) is 11.0. The molecule has 4 saturated carbocycles. The van der Waals surface area contributed by atoms with Crippen LogP contribution in [-0.4, -0.2) is 16.5 Å². The fourth-order valence-corrected chi connectivity index (χ4v) is 7.90. The van der Waals surface area contributed by atoms with Gasteiger partial charge in [-0.25, -0.2) is 0 Å². The molecule has 0 aromatic heterocycles. The molecule has 0 spiro atoms. The van der Waals surface area contributed by atoms with Crippen molar-refractivity contribution in [1.82, 2.24) is 5.43 Å². The summed E-state index contributed by atoms with van der Waals surface area (Å²) in [5.74, 6) is 9.35. The number of carbonyl (C=O) groups is 1. The first-order valence-corrected chi connectivity index (χ1v) is 11.0. The van der Waals surface area contributed by atoms with Crippen molar-refractivity contribution in [3.8, 4) is 0 Å². The Labute approximate surface area is 163 Å². The number of fused-ring (bicyclic) bond motifs is 5. The molecule has 4 rings (SSSR count). The first kappa shape index (κ1) is 19.3. The fourth-order valence-electron chi connectivity index (χ4n) is 7.90. The van der Waals surface area contributed by atoms with E-state index in [1.807, 2.05) is 6.92 Å². The summed E-state index contributed by atoms with van der Waals surface area (Å²) in [5, 5.41) is 10.5. The molecule has 0 saturated heterocycles. The molecule has 0 unspecified atom stereocenters. The zero-order valence-electron chi connectivity index (χ0n) is 16.9. The normalized spacial score (nSPS) is 49.7. The van der Waals surface area contributed by atoms with E-state index in [1.54, 1.807) is 0 Å². The third kappa shape index (κ3) is 3.02. The predicted molar refractivity (Wildman–Crippen MR) is 106 cm³/mol. The average Bonchev–Trinajstić information content (AvgIpc) is 2.98. The molecule has 5 nitrogen and oxygen atoms in total. The number of allylic oxidation sites excluding steroid dienone is 1. The topological polar surface area (TPSA) is 101 Å². The molecule has 8 atom stereocenters. The van der Waals surface area contributed by atoms with Crippen molar-refractivity contribution in [2.24, 2.45) is 52.5 Å². The van der Waals surface area contributed by atoms with Gasteiger partial charge in [0.05, 0.1) is 5.60 Å². The molecule has 6 N–H and O–H groups in total. The summed E-state index contributed by atoms with van der Waals surface area (Å²) >= 11 is 0. The summed E-state index contributed by atoms with van der Waals surface area (Å²) in [6, 6.07) is 0. The molecule has 0 radical (unpaired) electrons. The summed E-state index contributed by atoms with van der Waals surface area (Å²) in [7, 11) is 0. The maximum Gasteiger partial charge on any atom is 0.185 e. The SMILES string of the molecule is C[C@@]1(O)CC[C@H]2[C@H](CC[C@@H]3[C@@H]2CC[C@]2(C)[C@@H](C(=O)/C(=C/N)NN)CC[C@@H]32)C1. The minimum atomic E-state index is -0.456. The molecule has 0 bridgehead atoms. The van der Waals surface area contributed by atoms with Gasteiger partial charge in [0.25, 0.3) is 0 Å². The zero-order chi connectivity index (χ0) is 19.4. The highest BCUT2D eigenvalue weighted by Crippen LogP contribution is 2.64. The molecule has 152 valence electrons. The molecule has 0 amide bonds. The molecule has 4 aliphatic rings. The minimum Gasteiger partial charge on any atom is -0.403 e. The maximum absolute atomic E-state index is 13.0. The van der Waals surface area contributed by atoms with E-state index >= 15 is 0 Å². The van der Waals surface area contributed by atoms with E-state index in [1.165, 1.54) is 31.9 Å². The second kappa shape index (κ2) is 6.77. The summed E-state index contributed by atoms with van der Waals surface area (Å²) in [5.41, 5.74) is 8.11. The van der Waals surface area contributed by atoms with Gasteiger partial charge < -0.3 is 16.3 Å². The number of hydrazine groups is 1. The van der Waals surface area contributed by atoms with Gasteiger partial charge in [-0.15, -0.1) is 0 Å². The van der Waals surface area contributed by atoms with Crippen LogP contribution in [0.5, 0.6) is 0 Å². The Balaban J connectivity index is 1.53. The largest absolute Gasteiger partial charge is 0.403 e. The lowest BCUT2D eigenvalue weighted by atomic mass is 9.49. The highest BCUT2D eigenvalue weighted by Gasteiger charge is 2.59. The lowest BCUT2D eigenvalue weighted by Gasteiger charge is -2.56. The molecular formula is C22H37N3O2. The summed E-state index contributed by atoms with van der Waals surface area (Å²) in [4.78, 5) is 13.0. The Morgan fingerprint density at radius 1 is 1.04 bits per heavy atom. The molecule has 0 heterocycles. The van der Waals surface area contributed by atoms with Crippen LogP contribution in [-0.2, 0) is 4.79 Å². The van der Waals surface area contributed by atoms with E-state index < -0.39 is 5.60 Å². The Kier molecular flexibility index (Phi) is 4.83. The van der Waals surface area contributed by atoms with Crippen LogP contribution in [0.4, 0.5) is 0 Å². The maximum atomic E-state index is 13.0. The van der Waals surface area contributed by atoms with Crippen molar-refractivity contribution < 1.29 is 9.90 Å². The van der Waals surface area contributed by atoms with Gasteiger partial charge in [0.2, 0.25) is 0 Å². The summed E-state index contributed by atoms with van der Waals surface area (Å²) in [6.07, 6.45) is 11.5. The monoisotopic (exact) mass is 375 g/mol. The van der Waals surface area contributed by atoms with Crippen LogP contribution < -0.4 is 17.0 Å². The van der Waals surface area contributed by atoms with Crippen molar-refractivity contribution >= 4 is 5.78 Å². The number of ketones is 1. The molecule has 4 fully saturated rings. The van der Waals surface area contributed by atoms with Gasteiger partial charge in [-0.3, -0.25) is 10.6 Å². The highest BCUT2D eigenvalue weighted by atomic mass is 16.3. The van der Waals surface area contributed by atoms with Gasteiger partial charge >= 0.3 is 0 Å². The van der Waals surface area contributed by atoms with Gasteiger partial charge in [-0.2, -0.15) is 0 Å². The molecular weight excluding hydrogens is 338 g/mol. The Hall–Kier alpha value is -1.07. The minimum absolute atomic E-state index is 0.0408. The second-order valence-corrected chi connectivity index (χ2v) is 10.4. The van der Waals surface area contributed by atoms with E-state index in [9.17, 15) is 9.90 Å². The van der Waals surface area contributed by atoms with E-state index in [0.29, 0.717) is 17.5 Å². The van der Waals surface area contributed by atoms with Crippen LogP contribution in [0, 0.1) is 40.9 Å². The summed E-state index contributed by atoms with van der Waals surface area (Å²) < 4.78 is 0. The molecule has 0 aromatic carbocycles. The quantitative estimate of drug-likeness (QED) is 0.345.